The van der Waals surface area contributed by atoms with Gasteiger partial charge in [-0.25, -0.2) is 0 Å². The second-order valence-corrected chi connectivity index (χ2v) is 6.70. The third-order valence-corrected chi connectivity index (χ3v) is 4.89. The molecule has 0 aliphatic rings. The second-order valence-electron chi connectivity index (χ2n) is 6.70. The van der Waals surface area contributed by atoms with Gasteiger partial charge in [-0.15, -0.1) is 0 Å². The highest BCUT2D eigenvalue weighted by Gasteiger charge is 2.07. The summed E-state index contributed by atoms with van der Waals surface area (Å²) < 4.78 is 3.35. The number of rotatable bonds is 3. The van der Waals surface area contributed by atoms with Crippen molar-refractivity contribution in [2.45, 2.75) is 26.7 Å². The molecule has 0 aliphatic heterocycles. The minimum Gasteiger partial charge on any atom is -0.287 e. The maximum atomic E-state index is 11.6. The summed E-state index contributed by atoms with van der Waals surface area (Å²) >= 11 is 0. The molecule has 0 saturated carbocycles. The number of hydrogen-bond donors (Lipinski definition) is 0. The first-order valence-electron chi connectivity index (χ1n) is 8.75. The smallest absolute Gasteiger partial charge is 0.227 e. The van der Waals surface area contributed by atoms with Crippen LogP contribution >= 0.6 is 0 Å². The minimum absolute atomic E-state index is 0.0264. The van der Waals surface area contributed by atoms with Crippen molar-refractivity contribution >= 4 is 33.6 Å². The van der Waals surface area contributed by atoms with Crippen LogP contribution in [0.1, 0.15) is 34.6 Å². The monoisotopic (exact) mass is 344 g/mol. The molecule has 0 amide bonds. The lowest BCUT2D eigenvalue weighted by molar-refractivity contribution is 0.0933. The van der Waals surface area contributed by atoms with Crippen molar-refractivity contribution in [2.24, 2.45) is 0 Å². The standard InChI is InChI=1S/C22H20N2O2/c1-15(25)23-11-9-19-13-17(5-7-21(19)23)3-4-18-6-8-22-20(14-18)10-12-24(22)16(2)26/h5-14H,3-4H2,1-2H3. The van der Waals surface area contributed by atoms with Crippen molar-refractivity contribution in [1.29, 1.82) is 0 Å². The van der Waals surface area contributed by atoms with Crippen LogP contribution in [0.2, 0.25) is 0 Å². The molecule has 0 atom stereocenters. The van der Waals surface area contributed by atoms with Gasteiger partial charge in [0.25, 0.3) is 0 Å². The van der Waals surface area contributed by atoms with Gasteiger partial charge in [0, 0.05) is 37.0 Å². The molecule has 4 rings (SSSR count). The van der Waals surface area contributed by atoms with E-state index in [1.807, 2.05) is 36.7 Å². The van der Waals surface area contributed by atoms with Gasteiger partial charge in [-0.3, -0.25) is 18.7 Å². The van der Waals surface area contributed by atoms with Gasteiger partial charge in [-0.05, 0) is 60.4 Å². The molecule has 130 valence electrons. The zero-order valence-corrected chi connectivity index (χ0v) is 14.9. The predicted octanol–water partition coefficient (Wildman–Crippen LogP) is 4.70. The largest absolute Gasteiger partial charge is 0.287 e. The first-order chi connectivity index (χ1) is 12.5. The van der Waals surface area contributed by atoms with Crippen molar-refractivity contribution in [3.05, 3.63) is 72.1 Å². The van der Waals surface area contributed by atoms with Crippen LogP contribution in [-0.2, 0) is 12.8 Å². The number of nitrogens with zero attached hydrogens (tertiary/aromatic N) is 2. The van der Waals surface area contributed by atoms with E-state index in [1.54, 1.807) is 23.0 Å². The van der Waals surface area contributed by atoms with Gasteiger partial charge in [-0.2, -0.15) is 0 Å². The van der Waals surface area contributed by atoms with Gasteiger partial charge >= 0.3 is 0 Å². The van der Waals surface area contributed by atoms with Crippen LogP contribution in [0.3, 0.4) is 0 Å². The first-order valence-corrected chi connectivity index (χ1v) is 8.75. The van der Waals surface area contributed by atoms with Gasteiger partial charge in [0.15, 0.2) is 0 Å². The Morgan fingerprint density at radius 3 is 1.50 bits per heavy atom. The molecule has 0 bridgehead atoms. The van der Waals surface area contributed by atoms with Crippen LogP contribution in [0.15, 0.2) is 60.9 Å². The summed E-state index contributed by atoms with van der Waals surface area (Å²) in [6, 6.07) is 16.5. The van der Waals surface area contributed by atoms with Crippen molar-refractivity contribution in [2.75, 3.05) is 0 Å². The molecule has 2 heterocycles. The molecule has 0 aliphatic carbocycles. The normalized spacial score (nSPS) is 11.3. The maximum Gasteiger partial charge on any atom is 0.227 e. The molecule has 0 spiro atoms. The number of benzene rings is 2. The van der Waals surface area contributed by atoms with Crippen LogP contribution in [0.25, 0.3) is 21.8 Å². The van der Waals surface area contributed by atoms with E-state index in [9.17, 15) is 9.59 Å². The van der Waals surface area contributed by atoms with Crippen molar-refractivity contribution in [3.63, 3.8) is 0 Å². The quantitative estimate of drug-likeness (QED) is 0.541. The van der Waals surface area contributed by atoms with Crippen molar-refractivity contribution in [3.8, 4) is 0 Å². The Morgan fingerprint density at radius 2 is 1.12 bits per heavy atom. The molecule has 0 unspecified atom stereocenters. The van der Waals surface area contributed by atoms with E-state index in [1.165, 1.54) is 11.1 Å². The zero-order chi connectivity index (χ0) is 18.3. The average molecular weight is 344 g/mol. The van der Waals surface area contributed by atoms with Crippen LogP contribution in [0.5, 0.6) is 0 Å². The molecular formula is C22H20N2O2. The van der Waals surface area contributed by atoms with E-state index in [2.05, 4.69) is 24.3 Å². The Labute approximate surface area is 151 Å². The predicted molar refractivity (Wildman–Crippen MR) is 104 cm³/mol. The highest BCUT2D eigenvalue weighted by molar-refractivity contribution is 5.92. The number of aromatic nitrogens is 2. The second kappa shape index (κ2) is 6.30. The van der Waals surface area contributed by atoms with Gasteiger partial charge in [0.05, 0.1) is 11.0 Å². The summed E-state index contributed by atoms with van der Waals surface area (Å²) in [5.41, 5.74) is 4.40. The maximum absolute atomic E-state index is 11.6. The lowest BCUT2D eigenvalue weighted by atomic mass is 10.0. The highest BCUT2D eigenvalue weighted by atomic mass is 16.2. The van der Waals surface area contributed by atoms with Crippen molar-refractivity contribution < 1.29 is 9.59 Å². The third-order valence-electron chi connectivity index (χ3n) is 4.89. The van der Waals surface area contributed by atoms with Gasteiger partial charge in [0.2, 0.25) is 11.8 Å². The molecule has 4 heteroatoms. The summed E-state index contributed by atoms with van der Waals surface area (Å²) in [7, 11) is 0. The molecule has 0 fully saturated rings. The van der Waals surface area contributed by atoms with Gasteiger partial charge in [-0.1, -0.05) is 12.1 Å². The van der Waals surface area contributed by atoms with Crippen LogP contribution in [0, 0.1) is 0 Å². The number of carbonyl (C=O) groups excluding carboxylic acids is 2. The van der Waals surface area contributed by atoms with Crippen molar-refractivity contribution in [1.82, 2.24) is 9.13 Å². The molecular weight excluding hydrogens is 324 g/mol. The molecule has 0 saturated heterocycles. The summed E-state index contributed by atoms with van der Waals surface area (Å²) in [5, 5.41) is 2.18. The van der Waals surface area contributed by atoms with E-state index in [0.29, 0.717) is 0 Å². The molecule has 2 aromatic heterocycles. The highest BCUT2D eigenvalue weighted by Crippen LogP contribution is 2.21. The van der Waals surface area contributed by atoms with E-state index >= 15 is 0 Å². The van der Waals surface area contributed by atoms with E-state index in [-0.39, 0.29) is 11.8 Å². The number of fused-ring (bicyclic) bond motifs is 2. The first kappa shape index (κ1) is 16.3. The fourth-order valence-electron chi connectivity index (χ4n) is 3.53. The molecule has 0 N–H and O–H groups in total. The summed E-state index contributed by atoms with van der Waals surface area (Å²) in [5.74, 6) is 0.0529. The Bertz CT molecular complexity index is 1060. The van der Waals surface area contributed by atoms with E-state index in [4.69, 9.17) is 0 Å². The van der Waals surface area contributed by atoms with E-state index < -0.39 is 0 Å². The Balaban J connectivity index is 1.55. The minimum atomic E-state index is 0.0264. The Morgan fingerprint density at radius 1 is 0.692 bits per heavy atom. The topological polar surface area (TPSA) is 44.0 Å². The SMILES string of the molecule is CC(=O)n1ccc2cc(CCc3ccc4c(ccn4C(C)=O)c3)ccc21. The molecule has 2 aromatic carbocycles. The van der Waals surface area contributed by atoms with Crippen LogP contribution in [0.4, 0.5) is 0 Å². The summed E-state index contributed by atoms with van der Waals surface area (Å²) in [4.78, 5) is 23.2. The number of aryl methyl sites for hydroxylation is 2. The summed E-state index contributed by atoms with van der Waals surface area (Å²) in [6.07, 6.45) is 5.51. The lowest BCUT2D eigenvalue weighted by Gasteiger charge is -2.05. The molecule has 0 radical (unpaired) electrons. The Kier molecular flexibility index (Phi) is 3.96. The van der Waals surface area contributed by atoms with Gasteiger partial charge < -0.3 is 0 Å². The van der Waals surface area contributed by atoms with Crippen LogP contribution < -0.4 is 0 Å². The Hall–Kier alpha value is -3.14. The van der Waals surface area contributed by atoms with E-state index in [0.717, 1.165) is 34.6 Å². The average Bonchev–Trinajstić information content (AvgIpc) is 3.23. The van der Waals surface area contributed by atoms with Gasteiger partial charge in [0.1, 0.15) is 0 Å². The molecule has 4 aromatic rings. The summed E-state index contributed by atoms with van der Waals surface area (Å²) in [6.45, 7) is 3.14. The fraction of sp³-hybridized carbons (Fsp3) is 0.182. The van der Waals surface area contributed by atoms with Crippen LogP contribution in [-0.4, -0.2) is 20.9 Å². The fourth-order valence-corrected chi connectivity index (χ4v) is 3.53. The molecule has 26 heavy (non-hydrogen) atoms. The lowest BCUT2D eigenvalue weighted by Crippen LogP contribution is -2.03. The number of hydrogen-bond acceptors (Lipinski definition) is 2. The third kappa shape index (κ3) is 2.84. The molecule has 4 nitrogen and oxygen atoms in total. The zero-order valence-electron chi connectivity index (χ0n) is 14.9. The number of carbonyl (C=O) groups is 2.